The Hall–Kier alpha value is -0.150. The van der Waals surface area contributed by atoms with Gasteiger partial charge in [-0.1, -0.05) is 0 Å². The molecule has 0 atom stereocenters. The summed E-state index contributed by atoms with van der Waals surface area (Å²) in [6.45, 7) is 4.13. The number of halogens is 1. The maximum atomic E-state index is 11.9. The smallest absolute Gasteiger partial charge is 0.0328 e. The third-order valence-corrected chi connectivity index (χ3v) is 3.16. The van der Waals surface area contributed by atoms with E-state index in [2.05, 4.69) is 4.90 Å². The van der Waals surface area contributed by atoms with Gasteiger partial charge in [-0.3, -0.25) is 0 Å². The summed E-state index contributed by atoms with van der Waals surface area (Å²) in [7, 11) is 0. The average Bonchev–Trinajstić information content (AvgIpc) is 2.63. The van der Waals surface area contributed by atoms with E-state index in [4.69, 9.17) is 0 Å². The van der Waals surface area contributed by atoms with Crippen molar-refractivity contribution in [3.8, 4) is 0 Å². The van der Waals surface area contributed by atoms with E-state index in [0.29, 0.717) is 12.0 Å². The first-order chi connectivity index (χ1) is 5.85. The Morgan fingerprint density at radius 1 is 1.25 bits per heavy atom. The van der Waals surface area contributed by atoms with E-state index in [1.54, 1.807) is 0 Å². The number of nitrogens with zero attached hydrogens (tertiary/aromatic N) is 1. The molecule has 1 aliphatic heterocycles. The molecule has 2 fully saturated rings. The molecule has 0 aromatic carbocycles. The first-order valence-corrected chi connectivity index (χ1v) is 4.91. The molecule has 0 radical (unpaired) electrons. The number of nitrogens with one attached hydrogen (secondary N) is 1. The molecular formula is C9H17FN2. The van der Waals surface area contributed by atoms with E-state index in [0.717, 1.165) is 6.54 Å². The molecule has 2 nitrogen and oxygen atoms in total. The molecule has 1 aliphatic carbocycles. The number of hydrogen-bond donors (Lipinski definition) is 1. The van der Waals surface area contributed by atoms with Crippen LogP contribution in [0.3, 0.4) is 0 Å². The number of hydrogen-bond acceptors (Lipinski definition) is 2. The van der Waals surface area contributed by atoms with Crippen LogP contribution in [0.15, 0.2) is 0 Å². The lowest BCUT2D eigenvalue weighted by Gasteiger charge is -2.21. The standard InChI is InChI=1S/C9H17FN2/c10-11-7-9(3-4-9)8-12-5-1-2-6-12/h11H,1-8H2. The van der Waals surface area contributed by atoms with Crippen LogP contribution in [0.2, 0.25) is 0 Å². The van der Waals surface area contributed by atoms with Crippen LogP contribution in [-0.2, 0) is 0 Å². The summed E-state index contributed by atoms with van der Waals surface area (Å²) in [5, 5.41) is 0. The molecule has 12 heavy (non-hydrogen) atoms. The van der Waals surface area contributed by atoms with Gasteiger partial charge in [0.2, 0.25) is 0 Å². The highest BCUT2D eigenvalue weighted by molar-refractivity contribution is 4.97. The molecule has 0 aromatic heterocycles. The van der Waals surface area contributed by atoms with Crippen molar-refractivity contribution in [2.45, 2.75) is 25.7 Å². The quantitative estimate of drug-likeness (QED) is 0.644. The van der Waals surface area contributed by atoms with E-state index < -0.39 is 0 Å². The van der Waals surface area contributed by atoms with Crippen molar-refractivity contribution in [3.63, 3.8) is 0 Å². The maximum absolute atomic E-state index is 11.9. The van der Waals surface area contributed by atoms with Crippen molar-refractivity contribution in [2.75, 3.05) is 26.2 Å². The Morgan fingerprint density at radius 3 is 2.42 bits per heavy atom. The Labute approximate surface area is 73.1 Å². The van der Waals surface area contributed by atoms with Gasteiger partial charge in [0, 0.05) is 13.1 Å². The van der Waals surface area contributed by atoms with Gasteiger partial charge < -0.3 is 4.90 Å². The van der Waals surface area contributed by atoms with Gasteiger partial charge in [-0.25, -0.2) is 0 Å². The molecule has 2 aliphatic rings. The van der Waals surface area contributed by atoms with Crippen LogP contribution in [0, 0.1) is 5.41 Å². The zero-order valence-electron chi connectivity index (χ0n) is 7.48. The second-order valence-corrected chi connectivity index (χ2v) is 4.29. The summed E-state index contributed by atoms with van der Waals surface area (Å²) in [4.78, 5) is 2.48. The summed E-state index contributed by atoms with van der Waals surface area (Å²) >= 11 is 0. The van der Waals surface area contributed by atoms with Crippen LogP contribution < -0.4 is 5.54 Å². The maximum Gasteiger partial charge on any atom is 0.0328 e. The molecule has 3 heteroatoms. The van der Waals surface area contributed by atoms with Crippen molar-refractivity contribution in [1.82, 2.24) is 10.4 Å². The molecule has 0 amide bonds. The van der Waals surface area contributed by atoms with Gasteiger partial charge in [0.1, 0.15) is 0 Å². The van der Waals surface area contributed by atoms with Crippen LogP contribution in [-0.4, -0.2) is 31.1 Å². The molecule has 1 saturated heterocycles. The first-order valence-electron chi connectivity index (χ1n) is 4.91. The van der Waals surface area contributed by atoms with Crippen molar-refractivity contribution >= 4 is 0 Å². The van der Waals surface area contributed by atoms with E-state index in [1.165, 1.54) is 38.8 Å². The fraction of sp³-hybridized carbons (Fsp3) is 1.00. The van der Waals surface area contributed by atoms with Gasteiger partial charge >= 0.3 is 0 Å². The van der Waals surface area contributed by atoms with Crippen molar-refractivity contribution in [2.24, 2.45) is 5.41 Å². The molecule has 0 unspecified atom stereocenters. The molecule has 2 rings (SSSR count). The summed E-state index contributed by atoms with van der Waals surface area (Å²) in [6, 6.07) is 0. The lowest BCUT2D eigenvalue weighted by Crippen LogP contribution is -2.32. The lowest BCUT2D eigenvalue weighted by molar-refractivity contribution is 0.217. The minimum absolute atomic E-state index is 0.305. The molecule has 0 aromatic rings. The summed E-state index contributed by atoms with van der Waals surface area (Å²) in [5.74, 6) is 0. The normalized spacial score (nSPS) is 27.8. The largest absolute Gasteiger partial charge is 0.303 e. The minimum atomic E-state index is 0.305. The molecule has 70 valence electrons. The van der Waals surface area contributed by atoms with Crippen molar-refractivity contribution < 1.29 is 4.48 Å². The number of rotatable bonds is 4. The summed E-state index contributed by atoms with van der Waals surface area (Å²) < 4.78 is 11.9. The second kappa shape index (κ2) is 3.30. The zero-order valence-corrected chi connectivity index (χ0v) is 7.48. The molecule has 0 bridgehead atoms. The highest BCUT2D eigenvalue weighted by Gasteiger charge is 2.43. The fourth-order valence-corrected chi connectivity index (χ4v) is 2.12. The zero-order chi connectivity index (χ0) is 8.44. The van der Waals surface area contributed by atoms with Gasteiger partial charge in [0.15, 0.2) is 0 Å². The highest BCUT2D eigenvalue weighted by Crippen LogP contribution is 2.46. The van der Waals surface area contributed by atoms with Crippen LogP contribution in [0.25, 0.3) is 0 Å². The molecule has 1 heterocycles. The third-order valence-electron chi connectivity index (χ3n) is 3.16. The first kappa shape index (κ1) is 8.45. The number of likely N-dealkylation sites (tertiary alicyclic amines) is 1. The van der Waals surface area contributed by atoms with Crippen LogP contribution in [0.4, 0.5) is 4.48 Å². The molecular weight excluding hydrogens is 155 g/mol. The monoisotopic (exact) mass is 172 g/mol. The fourth-order valence-electron chi connectivity index (χ4n) is 2.12. The van der Waals surface area contributed by atoms with Gasteiger partial charge in [0.05, 0.1) is 0 Å². The van der Waals surface area contributed by atoms with Crippen LogP contribution >= 0.6 is 0 Å². The van der Waals surface area contributed by atoms with Gasteiger partial charge in [0.25, 0.3) is 0 Å². The minimum Gasteiger partial charge on any atom is -0.303 e. The Bertz CT molecular complexity index is 151. The lowest BCUT2D eigenvalue weighted by atomic mass is 10.1. The van der Waals surface area contributed by atoms with Crippen LogP contribution in [0.5, 0.6) is 0 Å². The topological polar surface area (TPSA) is 15.3 Å². The van der Waals surface area contributed by atoms with E-state index in [1.807, 2.05) is 5.54 Å². The molecule has 1 N–H and O–H groups in total. The molecule has 1 saturated carbocycles. The SMILES string of the molecule is FNCC1(CN2CCCC2)CC1. The van der Waals surface area contributed by atoms with Crippen molar-refractivity contribution in [3.05, 3.63) is 0 Å². The average molecular weight is 172 g/mol. The van der Waals surface area contributed by atoms with E-state index in [9.17, 15) is 4.48 Å². The van der Waals surface area contributed by atoms with E-state index in [-0.39, 0.29) is 0 Å². The molecule has 0 spiro atoms. The van der Waals surface area contributed by atoms with Crippen molar-refractivity contribution in [1.29, 1.82) is 0 Å². The summed E-state index contributed by atoms with van der Waals surface area (Å²) in [6.07, 6.45) is 5.08. The predicted molar refractivity (Wildman–Crippen MR) is 46.5 cm³/mol. The Morgan fingerprint density at radius 2 is 1.92 bits per heavy atom. The van der Waals surface area contributed by atoms with Gasteiger partial charge in [-0.15, -0.1) is 4.48 Å². The Balaban J connectivity index is 1.77. The Kier molecular flexibility index (Phi) is 2.33. The third kappa shape index (κ3) is 1.77. The van der Waals surface area contributed by atoms with Gasteiger partial charge in [-0.2, -0.15) is 5.54 Å². The van der Waals surface area contributed by atoms with E-state index >= 15 is 0 Å². The van der Waals surface area contributed by atoms with Gasteiger partial charge in [-0.05, 0) is 44.2 Å². The predicted octanol–water partition coefficient (Wildman–Crippen LogP) is 1.34. The second-order valence-electron chi connectivity index (χ2n) is 4.29. The van der Waals surface area contributed by atoms with Crippen LogP contribution in [0.1, 0.15) is 25.7 Å². The summed E-state index contributed by atoms with van der Waals surface area (Å²) in [5.41, 5.74) is 2.12. The highest BCUT2D eigenvalue weighted by atomic mass is 19.2.